The van der Waals surface area contributed by atoms with Crippen molar-refractivity contribution in [3.63, 3.8) is 0 Å². The molecule has 0 atom stereocenters. The Labute approximate surface area is 146 Å². The molecule has 0 aliphatic heterocycles. The maximum atomic E-state index is 5.88. The number of hydrogen-bond acceptors (Lipinski definition) is 3. The van der Waals surface area contributed by atoms with Crippen molar-refractivity contribution in [1.82, 2.24) is 0 Å². The summed E-state index contributed by atoms with van der Waals surface area (Å²) in [5.41, 5.74) is 2.24. The zero-order valence-corrected chi connectivity index (χ0v) is 15.2. The van der Waals surface area contributed by atoms with Gasteiger partial charge in [0, 0.05) is 6.54 Å². The van der Waals surface area contributed by atoms with E-state index in [1.165, 1.54) is 5.56 Å². The zero-order chi connectivity index (χ0) is 17.4. The van der Waals surface area contributed by atoms with Crippen LogP contribution in [0.3, 0.4) is 0 Å². The van der Waals surface area contributed by atoms with E-state index >= 15 is 0 Å². The van der Waals surface area contributed by atoms with Gasteiger partial charge in [-0.25, -0.2) is 0 Å². The first-order valence-corrected chi connectivity index (χ1v) is 8.72. The van der Waals surface area contributed by atoms with Crippen LogP contribution < -0.4 is 14.8 Å². The Morgan fingerprint density at radius 2 is 1.42 bits per heavy atom. The monoisotopic (exact) mass is 327 g/mol. The van der Waals surface area contributed by atoms with Gasteiger partial charge in [0.2, 0.25) is 0 Å². The number of benzene rings is 2. The predicted octanol–water partition coefficient (Wildman–Crippen LogP) is 5.37. The summed E-state index contributed by atoms with van der Waals surface area (Å²) >= 11 is 0. The Morgan fingerprint density at radius 3 is 2.08 bits per heavy atom. The number of hydrogen-bond donors (Lipinski definition) is 1. The highest BCUT2D eigenvalue weighted by atomic mass is 16.5. The molecule has 0 heterocycles. The largest absolute Gasteiger partial charge is 0.493 e. The van der Waals surface area contributed by atoms with Crippen LogP contribution in [0.25, 0.3) is 0 Å². The third-order valence-electron chi connectivity index (χ3n) is 3.45. The van der Waals surface area contributed by atoms with Gasteiger partial charge in [-0.15, -0.1) is 0 Å². The molecule has 0 amide bonds. The van der Waals surface area contributed by atoms with Crippen LogP contribution >= 0.6 is 0 Å². The summed E-state index contributed by atoms with van der Waals surface area (Å²) in [6.07, 6.45) is 0. The minimum absolute atomic E-state index is 0.511. The topological polar surface area (TPSA) is 30.5 Å². The third-order valence-corrected chi connectivity index (χ3v) is 3.45. The number of para-hydroxylation sites is 2. The molecule has 130 valence electrons. The average molecular weight is 327 g/mol. The van der Waals surface area contributed by atoms with E-state index in [1.807, 2.05) is 30.3 Å². The van der Waals surface area contributed by atoms with Crippen molar-refractivity contribution in [1.29, 1.82) is 0 Å². The van der Waals surface area contributed by atoms with Gasteiger partial charge >= 0.3 is 0 Å². The van der Waals surface area contributed by atoms with Gasteiger partial charge in [-0.1, -0.05) is 52.0 Å². The predicted molar refractivity (Wildman–Crippen MR) is 101 cm³/mol. The lowest BCUT2D eigenvalue weighted by molar-refractivity contribution is 0.271. The molecule has 0 radical (unpaired) electrons. The number of anilines is 1. The van der Waals surface area contributed by atoms with E-state index in [0.29, 0.717) is 11.8 Å². The van der Waals surface area contributed by atoms with Gasteiger partial charge in [-0.3, -0.25) is 0 Å². The van der Waals surface area contributed by atoms with Gasteiger partial charge < -0.3 is 14.8 Å². The molecule has 0 aromatic heterocycles. The Kier molecular flexibility index (Phi) is 6.98. The van der Waals surface area contributed by atoms with Gasteiger partial charge in [-0.05, 0) is 41.7 Å². The molecule has 0 spiro atoms. The summed E-state index contributed by atoms with van der Waals surface area (Å²) in [6.45, 7) is 10.8. The van der Waals surface area contributed by atoms with Crippen molar-refractivity contribution in [3.8, 4) is 11.5 Å². The molecule has 2 aromatic carbocycles. The molecular weight excluding hydrogens is 298 g/mol. The van der Waals surface area contributed by atoms with Crippen LogP contribution in [0, 0.1) is 11.8 Å². The fraction of sp³-hybridized carbons (Fsp3) is 0.429. The molecule has 2 rings (SSSR count). The number of nitrogens with one attached hydrogen (secondary N) is 1. The fourth-order valence-electron chi connectivity index (χ4n) is 2.16. The SMILES string of the molecule is CC(C)COc1ccc(CNc2ccccc2OCC(C)C)cc1. The Bertz CT molecular complexity index is 605. The van der Waals surface area contributed by atoms with E-state index in [2.05, 4.69) is 51.2 Å². The highest BCUT2D eigenvalue weighted by Gasteiger charge is 2.04. The Hall–Kier alpha value is -2.16. The van der Waals surface area contributed by atoms with Gasteiger partial charge in [-0.2, -0.15) is 0 Å². The summed E-state index contributed by atoms with van der Waals surface area (Å²) in [7, 11) is 0. The Balaban J connectivity index is 1.91. The first kappa shape index (κ1) is 18.2. The van der Waals surface area contributed by atoms with Crippen molar-refractivity contribution < 1.29 is 9.47 Å². The van der Waals surface area contributed by atoms with Crippen molar-refractivity contribution in [2.75, 3.05) is 18.5 Å². The van der Waals surface area contributed by atoms with Crippen molar-refractivity contribution in [3.05, 3.63) is 54.1 Å². The molecule has 1 N–H and O–H groups in total. The molecule has 0 saturated heterocycles. The lowest BCUT2D eigenvalue weighted by Crippen LogP contribution is -2.07. The summed E-state index contributed by atoms with van der Waals surface area (Å²) in [6, 6.07) is 16.3. The van der Waals surface area contributed by atoms with Crippen LogP contribution in [-0.2, 0) is 6.54 Å². The lowest BCUT2D eigenvalue weighted by atomic mass is 10.2. The van der Waals surface area contributed by atoms with Gasteiger partial charge in [0.05, 0.1) is 18.9 Å². The van der Waals surface area contributed by atoms with E-state index in [-0.39, 0.29) is 0 Å². The van der Waals surface area contributed by atoms with Gasteiger partial charge in [0.1, 0.15) is 11.5 Å². The highest BCUT2D eigenvalue weighted by Crippen LogP contribution is 2.25. The molecule has 0 aliphatic rings. The quantitative estimate of drug-likeness (QED) is 0.672. The van der Waals surface area contributed by atoms with Crippen LogP contribution in [0.1, 0.15) is 33.3 Å². The second-order valence-corrected chi connectivity index (χ2v) is 6.90. The van der Waals surface area contributed by atoms with Crippen molar-refractivity contribution >= 4 is 5.69 Å². The summed E-state index contributed by atoms with van der Waals surface area (Å²) < 4.78 is 11.6. The maximum absolute atomic E-state index is 5.88. The van der Waals surface area contributed by atoms with Crippen molar-refractivity contribution in [2.45, 2.75) is 34.2 Å². The maximum Gasteiger partial charge on any atom is 0.142 e. The second kappa shape index (κ2) is 9.21. The molecule has 3 heteroatoms. The van der Waals surface area contributed by atoms with E-state index < -0.39 is 0 Å². The first-order valence-electron chi connectivity index (χ1n) is 8.72. The summed E-state index contributed by atoms with van der Waals surface area (Å²) in [4.78, 5) is 0. The summed E-state index contributed by atoms with van der Waals surface area (Å²) in [5, 5.41) is 3.46. The van der Waals surface area contributed by atoms with E-state index in [9.17, 15) is 0 Å². The minimum atomic E-state index is 0.511. The first-order chi connectivity index (χ1) is 11.5. The van der Waals surface area contributed by atoms with Gasteiger partial charge in [0.25, 0.3) is 0 Å². The fourth-order valence-corrected chi connectivity index (χ4v) is 2.16. The third kappa shape index (κ3) is 6.15. The lowest BCUT2D eigenvalue weighted by Gasteiger charge is -2.15. The summed E-state index contributed by atoms with van der Waals surface area (Å²) in [5.74, 6) is 2.88. The van der Waals surface area contributed by atoms with E-state index in [1.54, 1.807) is 0 Å². The van der Waals surface area contributed by atoms with Crippen molar-refractivity contribution in [2.24, 2.45) is 11.8 Å². The zero-order valence-electron chi connectivity index (χ0n) is 15.2. The smallest absolute Gasteiger partial charge is 0.142 e. The second-order valence-electron chi connectivity index (χ2n) is 6.90. The normalized spacial score (nSPS) is 10.9. The van der Waals surface area contributed by atoms with Crippen LogP contribution in [-0.4, -0.2) is 13.2 Å². The molecule has 0 unspecified atom stereocenters. The molecule has 0 aliphatic carbocycles. The molecular formula is C21H29NO2. The standard InChI is InChI=1S/C21H29NO2/c1-16(2)14-23-19-11-9-18(10-12-19)13-22-20-7-5-6-8-21(20)24-15-17(3)4/h5-12,16-17,22H,13-15H2,1-4H3. The van der Waals surface area contributed by atoms with Crippen LogP contribution in [0.4, 0.5) is 5.69 Å². The molecule has 0 saturated carbocycles. The molecule has 0 bridgehead atoms. The molecule has 24 heavy (non-hydrogen) atoms. The average Bonchev–Trinajstić information content (AvgIpc) is 2.57. The van der Waals surface area contributed by atoms with E-state index in [0.717, 1.165) is 36.9 Å². The Morgan fingerprint density at radius 1 is 0.792 bits per heavy atom. The van der Waals surface area contributed by atoms with E-state index in [4.69, 9.17) is 9.47 Å². The van der Waals surface area contributed by atoms with Crippen LogP contribution in [0.15, 0.2) is 48.5 Å². The van der Waals surface area contributed by atoms with Crippen LogP contribution in [0.2, 0.25) is 0 Å². The molecule has 2 aromatic rings. The molecule has 3 nitrogen and oxygen atoms in total. The highest BCUT2D eigenvalue weighted by molar-refractivity contribution is 5.56. The number of ether oxygens (including phenoxy) is 2. The van der Waals surface area contributed by atoms with Gasteiger partial charge in [0.15, 0.2) is 0 Å². The molecule has 0 fully saturated rings. The minimum Gasteiger partial charge on any atom is -0.493 e. The van der Waals surface area contributed by atoms with Crippen LogP contribution in [0.5, 0.6) is 11.5 Å². The number of rotatable bonds is 9.